The number of aromatic nitrogens is 2. The average molecular weight is 314 g/mol. The highest BCUT2D eigenvalue weighted by Crippen LogP contribution is 2.16. The highest BCUT2D eigenvalue weighted by Gasteiger charge is 2.13. The molecule has 0 atom stereocenters. The molecule has 114 valence electrons. The van der Waals surface area contributed by atoms with Gasteiger partial charge in [-0.15, -0.1) is 0 Å². The number of ketones is 1. The number of nitrogens with zero attached hydrogens (tertiary/aromatic N) is 2. The van der Waals surface area contributed by atoms with Gasteiger partial charge in [-0.2, -0.15) is 0 Å². The van der Waals surface area contributed by atoms with Crippen LogP contribution in [0, 0.1) is 0 Å². The fourth-order valence-corrected chi connectivity index (χ4v) is 2.31. The van der Waals surface area contributed by atoms with Gasteiger partial charge in [0.25, 0.3) is 0 Å². The molecule has 1 heterocycles. The highest BCUT2D eigenvalue weighted by molar-refractivity contribution is 7.98. The first-order valence-corrected chi connectivity index (χ1v) is 8.15. The van der Waals surface area contributed by atoms with Gasteiger partial charge in [0.15, 0.2) is 10.9 Å². The van der Waals surface area contributed by atoms with Crippen LogP contribution in [0.15, 0.2) is 53.8 Å². The Kier molecular flexibility index (Phi) is 6.30. The van der Waals surface area contributed by atoms with Gasteiger partial charge in [-0.05, 0) is 24.8 Å². The molecule has 0 amide bonds. The Morgan fingerprint density at radius 3 is 2.73 bits per heavy atom. The number of allylic oxidation sites excluding steroid dienone is 1. The average Bonchev–Trinajstić information content (AvgIpc) is 2.57. The van der Waals surface area contributed by atoms with Crippen molar-refractivity contribution in [3.05, 3.63) is 59.9 Å². The van der Waals surface area contributed by atoms with Crippen LogP contribution in [0.5, 0.6) is 0 Å². The van der Waals surface area contributed by atoms with Gasteiger partial charge in [-0.3, -0.25) is 4.79 Å². The van der Waals surface area contributed by atoms with E-state index in [-0.39, 0.29) is 12.4 Å². The maximum Gasteiger partial charge on any atom is 0.190 e. The van der Waals surface area contributed by atoms with Gasteiger partial charge in [-0.25, -0.2) is 9.97 Å². The fourth-order valence-electron chi connectivity index (χ4n) is 1.95. The Morgan fingerprint density at radius 2 is 2.05 bits per heavy atom. The van der Waals surface area contributed by atoms with E-state index >= 15 is 0 Å². The molecule has 0 aliphatic carbocycles. The lowest BCUT2D eigenvalue weighted by Gasteiger charge is -2.07. The van der Waals surface area contributed by atoms with Crippen LogP contribution in [-0.2, 0) is 16.1 Å². The molecule has 22 heavy (non-hydrogen) atoms. The van der Waals surface area contributed by atoms with E-state index in [1.165, 1.54) is 11.8 Å². The predicted molar refractivity (Wildman–Crippen MR) is 88.6 cm³/mol. The van der Waals surface area contributed by atoms with Crippen molar-refractivity contribution in [3.63, 3.8) is 0 Å². The molecule has 0 bridgehead atoms. The number of hydrogen-bond acceptors (Lipinski definition) is 5. The molecular weight excluding hydrogens is 296 g/mol. The summed E-state index contributed by atoms with van der Waals surface area (Å²) in [6, 6.07) is 11.5. The van der Waals surface area contributed by atoms with Crippen molar-refractivity contribution in [1.29, 1.82) is 0 Å². The van der Waals surface area contributed by atoms with Crippen molar-refractivity contribution < 1.29 is 9.53 Å². The maximum absolute atomic E-state index is 12.3. The summed E-state index contributed by atoms with van der Waals surface area (Å²) in [5.74, 6) is -0.0795. The van der Waals surface area contributed by atoms with Crippen LogP contribution in [0.1, 0.15) is 18.2 Å². The quantitative estimate of drug-likeness (QED) is 0.445. The number of thioether (sulfide) groups is 1. The maximum atomic E-state index is 12.3. The summed E-state index contributed by atoms with van der Waals surface area (Å²) < 4.78 is 5.50. The first-order chi connectivity index (χ1) is 10.7. The molecule has 0 N–H and O–H groups in total. The van der Waals surface area contributed by atoms with Crippen molar-refractivity contribution in [3.8, 4) is 0 Å². The lowest BCUT2D eigenvalue weighted by molar-refractivity contribution is -0.118. The second-order valence-corrected chi connectivity index (χ2v) is 5.31. The number of Topliss-reactive ketones (excluding diaryl/α,β-unsaturated/α-hetero) is 1. The summed E-state index contributed by atoms with van der Waals surface area (Å²) in [6.45, 7) is 2.28. The Balaban J connectivity index is 1.97. The molecule has 1 aromatic heterocycles. The van der Waals surface area contributed by atoms with Crippen molar-refractivity contribution >= 4 is 23.1 Å². The van der Waals surface area contributed by atoms with Gasteiger partial charge in [0.1, 0.15) is 6.61 Å². The van der Waals surface area contributed by atoms with Crippen LogP contribution in [-0.4, -0.2) is 28.6 Å². The van der Waals surface area contributed by atoms with Crippen LogP contribution < -0.4 is 0 Å². The number of rotatable bonds is 7. The van der Waals surface area contributed by atoms with Gasteiger partial charge in [0.05, 0.1) is 12.3 Å². The molecule has 0 aliphatic rings. The summed E-state index contributed by atoms with van der Waals surface area (Å²) in [5, 5.41) is 0.648. The summed E-state index contributed by atoms with van der Waals surface area (Å²) in [4.78, 5) is 20.8. The molecule has 1 aromatic carbocycles. The van der Waals surface area contributed by atoms with E-state index < -0.39 is 0 Å². The van der Waals surface area contributed by atoms with Crippen molar-refractivity contribution in [2.45, 2.75) is 18.7 Å². The summed E-state index contributed by atoms with van der Waals surface area (Å²) >= 11 is 1.45. The van der Waals surface area contributed by atoms with Gasteiger partial charge in [-0.1, -0.05) is 48.2 Å². The predicted octanol–water partition coefficient (Wildman–Crippen LogP) is 3.39. The molecule has 0 aliphatic heterocycles. The third-order valence-electron chi connectivity index (χ3n) is 3.03. The SMILES string of the molecule is C/C=C(/C(=O)COCc1ccccc1)c1ccnc(SC)n1. The first kappa shape index (κ1) is 16.4. The van der Waals surface area contributed by atoms with E-state index in [4.69, 9.17) is 4.74 Å². The number of carbonyl (C=O) groups is 1. The standard InChI is InChI=1S/C17H18N2O2S/c1-3-14(15-9-10-18-17(19-15)22-2)16(20)12-21-11-13-7-5-4-6-8-13/h3-10H,11-12H2,1-2H3/b14-3+. The number of hydrogen-bond donors (Lipinski definition) is 0. The summed E-state index contributed by atoms with van der Waals surface area (Å²) in [6.07, 6.45) is 5.33. The number of carbonyl (C=O) groups excluding carboxylic acids is 1. The molecule has 2 rings (SSSR count). The zero-order valence-corrected chi connectivity index (χ0v) is 13.5. The first-order valence-electron chi connectivity index (χ1n) is 6.93. The largest absolute Gasteiger partial charge is 0.369 e. The van der Waals surface area contributed by atoms with Crippen molar-refractivity contribution in [1.82, 2.24) is 9.97 Å². The molecule has 0 fully saturated rings. The van der Waals surface area contributed by atoms with E-state index in [0.29, 0.717) is 23.0 Å². The van der Waals surface area contributed by atoms with Gasteiger partial charge in [0.2, 0.25) is 0 Å². The summed E-state index contributed by atoms with van der Waals surface area (Å²) in [5.41, 5.74) is 2.24. The second-order valence-electron chi connectivity index (χ2n) is 4.53. The molecule has 0 radical (unpaired) electrons. The Hall–Kier alpha value is -1.98. The zero-order chi connectivity index (χ0) is 15.8. The molecule has 0 spiro atoms. The smallest absolute Gasteiger partial charge is 0.190 e. The fraction of sp³-hybridized carbons (Fsp3) is 0.235. The van der Waals surface area contributed by atoms with Crippen molar-refractivity contribution in [2.75, 3.05) is 12.9 Å². The van der Waals surface area contributed by atoms with Gasteiger partial charge in [0, 0.05) is 11.8 Å². The highest BCUT2D eigenvalue weighted by atomic mass is 32.2. The minimum absolute atomic E-state index is 0.0349. The number of ether oxygens (including phenoxy) is 1. The molecule has 2 aromatic rings. The Labute approximate surface area is 134 Å². The zero-order valence-electron chi connectivity index (χ0n) is 12.7. The minimum Gasteiger partial charge on any atom is -0.369 e. The van der Waals surface area contributed by atoms with Crippen LogP contribution in [0.2, 0.25) is 0 Å². The lowest BCUT2D eigenvalue weighted by Crippen LogP contribution is -2.12. The third-order valence-corrected chi connectivity index (χ3v) is 3.59. The molecule has 0 unspecified atom stereocenters. The van der Waals surface area contributed by atoms with Gasteiger partial charge >= 0.3 is 0 Å². The van der Waals surface area contributed by atoms with Crippen LogP contribution in [0.25, 0.3) is 5.57 Å². The Morgan fingerprint density at radius 1 is 1.27 bits per heavy atom. The molecule has 0 saturated heterocycles. The van der Waals surface area contributed by atoms with E-state index in [9.17, 15) is 4.79 Å². The number of benzene rings is 1. The summed E-state index contributed by atoms with van der Waals surface area (Å²) in [7, 11) is 0. The van der Waals surface area contributed by atoms with E-state index in [0.717, 1.165) is 5.56 Å². The molecule has 4 nitrogen and oxygen atoms in total. The van der Waals surface area contributed by atoms with Gasteiger partial charge < -0.3 is 4.74 Å². The van der Waals surface area contributed by atoms with Crippen molar-refractivity contribution in [2.24, 2.45) is 0 Å². The molecule has 0 saturated carbocycles. The monoisotopic (exact) mass is 314 g/mol. The normalized spacial score (nSPS) is 11.5. The molecular formula is C17H18N2O2S. The molecule has 5 heteroatoms. The van der Waals surface area contributed by atoms with Crippen LogP contribution in [0.4, 0.5) is 0 Å². The van der Waals surface area contributed by atoms with E-state index in [1.807, 2.05) is 43.5 Å². The van der Waals surface area contributed by atoms with Crippen LogP contribution in [0.3, 0.4) is 0 Å². The second kappa shape index (κ2) is 8.46. The van der Waals surface area contributed by atoms with Crippen LogP contribution >= 0.6 is 11.8 Å². The lowest BCUT2D eigenvalue weighted by atomic mass is 10.1. The third kappa shape index (κ3) is 4.51. The van der Waals surface area contributed by atoms with E-state index in [1.54, 1.807) is 18.3 Å². The topological polar surface area (TPSA) is 52.1 Å². The Bertz CT molecular complexity index is 657. The van der Waals surface area contributed by atoms with E-state index in [2.05, 4.69) is 9.97 Å². The minimum atomic E-state index is -0.0795.